The molecule has 0 saturated carbocycles. The van der Waals surface area contributed by atoms with Gasteiger partial charge in [0.25, 0.3) is 5.91 Å². The van der Waals surface area contributed by atoms with E-state index in [9.17, 15) is 4.79 Å². The third-order valence-electron chi connectivity index (χ3n) is 2.11. The Balaban J connectivity index is 2.47. The zero-order valence-electron chi connectivity index (χ0n) is 8.54. The van der Waals surface area contributed by atoms with E-state index in [0.717, 1.165) is 11.1 Å². The second-order valence-electron chi connectivity index (χ2n) is 3.52. The molecule has 3 nitrogen and oxygen atoms in total. The van der Waals surface area contributed by atoms with Gasteiger partial charge < -0.3 is 11.1 Å². The standard InChI is InChI=1S/C10H16N2OS/c1-7(3-11)4-12-10(13)9-6-14-5-8(9)2/h5-7H,3-4,11H2,1-2H3,(H,12,13). The summed E-state index contributed by atoms with van der Waals surface area (Å²) < 4.78 is 0. The van der Waals surface area contributed by atoms with Crippen LogP contribution in [0.25, 0.3) is 0 Å². The second-order valence-corrected chi connectivity index (χ2v) is 4.26. The summed E-state index contributed by atoms with van der Waals surface area (Å²) in [6.07, 6.45) is 0. The first kappa shape index (κ1) is 11.2. The van der Waals surface area contributed by atoms with Gasteiger partial charge in [-0.15, -0.1) is 0 Å². The Morgan fingerprint density at radius 1 is 1.64 bits per heavy atom. The Morgan fingerprint density at radius 3 is 2.86 bits per heavy atom. The van der Waals surface area contributed by atoms with Gasteiger partial charge in [-0.25, -0.2) is 0 Å². The molecule has 0 aliphatic rings. The Hall–Kier alpha value is -0.870. The van der Waals surface area contributed by atoms with E-state index in [2.05, 4.69) is 5.32 Å². The van der Waals surface area contributed by atoms with Crippen LogP contribution in [0, 0.1) is 12.8 Å². The van der Waals surface area contributed by atoms with Crippen molar-refractivity contribution >= 4 is 17.2 Å². The average Bonchev–Trinajstić information content (AvgIpc) is 2.60. The third kappa shape index (κ3) is 2.82. The van der Waals surface area contributed by atoms with Gasteiger partial charge in [0, 0.05) is 11.9 Å². The van der Waals surface area contributed by atoms with Crippen LogP contribution < -0.4 is 11.1 Å². The lowest BCUT2D eigenvalue weighted by Crippen LogP contribution is -2.31. The number of rotatable bonds is 4. The molecule has 0 aliphatic heterocycles. The smallest absolute Gasteiger partial charge is 0.252 e. The lowest BCUT2D eigenvalue weighted by atomic mass is 10.1. The molecule has 4 heteroatoms. The van der Waals surface area contributed by atoms with Crippen molar-refractivity contribution in [3.63, 3.8) is 0 Å². The van der Waals surface area contributed by atoms with Crippen molar-refractivity contribution in [2.75, 3.05) is 13.1 Å². The number of thiophene rings is 1. The molecule has 1 heterocycles. The van der Waals surface area contributed by atoms with Crippen LogP contribution in [0.5, 0.6) is 0 Å². The van der Waals surface area contributed by atoms with Gasteiger partial charge in [0.05, 0.1) is 5.56 Å². The molecule has 0 radical (unpaired) electrons. The maximum Gasteiger partial charge on any atom is 0.252 e. The number of nitrogens with one attached hydrogen (secondary N) is 1. The van der Waals surface area contributed by atoms with E-state index < -0.39 is 0 Å². The second kappa shape index (κ2) is 5.12. The van der Waals surface area contributed by atoms with E-state index in [-0.39, 0.29) is 5.91 Å². The molecule has 0 bridgehead atoms. The number of aryl methyl sites for hydroxylation is 1. The molecule has 1 aromatic heterocycles. The monoisotopic (exact) mass is 212 g/mol. The summed E-state index contributed by atoms with van der Waals surface area (Å²) in [7, 11) is 0. The molecular weight excluding hydrogens is 196 g/mol. The zero-order valence-corrected chi connectivity index (χ0v) is 9.36. The summed E-state index contributed by atoms with van der Waals surface area (Å²) in [5, 5.41) is 6.71. The predicted molar refractivity (Wildman–Crippen MR) is 59.6 cm³/mol. The van der Waals surface area contributed by atoms with Crippen LogP contribution in [-0.4, -0.2) is 19.0 Å². The molecule has 1 atom stereocenters. The van der Waals surface area contributed by atoms with Crippen LogP contribution in [0.15, 0.2) is 10.8 Å². The fourth-order valence-electron chi connectivity index (χ4n) is 1.04. The molecule has 0 saturated heterocycles. The summed E-state index contributed by atoms with van der Waals surface area (Å²) >= 11 is 1.55. The minimum atomic E-state index is 0.00375. The summed E-state index contributed by atoms with van der Waals surface area (Å²) in [4.78, 5) is 11.6. The Kier molecular flexibility index (Phi) is 4.10. The highest BCUT2D eigenvalue weighted by atomic mass is 32.1. The van der Waals surface area contributed by atoms with Gasteiger partial charge in [-0.05, 0) is 30.3 Å². The highest BCUT2D eigenvalue weighted by Crippen LogP contribution is 2.13. The van der Waals surface area contributed by atoms with E-state index in [1.807, 2.05) is 24.6 Å². The van der Waals surface area contributed by atoms with Crippen molar-refractivity contribution in [3.05, 3.63) is 21.9 Å². The number of hydrogen-bond acceptors (Lipinski definition) is 3. The molecule has 1 aromatic rings. The first-order valence-corrected chi connectivity index (χ1v) is 5.60. The number of nitrogens with two attached hydrogens (primary N) is 1. The number of amides is 1. The Morgan fingerprint density at radius 2 is 2.36 bits per heavy atom. The van der Waals surface area contributed by atoms with Crippen molar-refractivity contribution < 1.29 is 4.79 Å². The van der Waals surface area contributed by atoms with Crippen molar-refractivity contribution in [3.8, 4) is 0 Å². The highest BCUT2D eigenvalue weighted by molar-refractivity contribution is 7.08. The van der Waals surface area contributed by atoms with Gasteiger partial charge in [-0.3, -0.25) is 4.79 Å². The van der Waals surface area contributed by atoms with Crippen LogP contribution in [0.4, 0.5) is 0 Å². The number of carbonyl (C=O) groups excluding carboxylic acids is 1. The fourth-order valence-corrected chi connectivity index (χ4v) is 1.87. The highest BCUT2D eigenvalue weighted by Gasteiger charge is 2.09. The van der Waals surface area contributed by atoms with Gasteiger partial charge in [-0.2, -0.15) is 11.3 Å². The van der Waals surface area contributed by atoms with E-state index in [0.29, 0.717) is 19.0 Å². The minimum absolute atomic E-state index is 0.00375. The molecule has 1 rings (SSSR count). The molecule has 3 N–H and O–H groups in total. The lowest BCUT2D eigenvalue weighted by molar-refractivity contribution is 0.0948. The number of carbonyl (C=O) groups is 1. The first-order chi connectivity index (χ1) is 6.65. The van der Waals surface area contributed by atoms with Crippen molar-refractivity contribution in [2.45, 2.75) is 13.8 Å². The predicted octanol–water partition coefficient (Wildman–Crippen LogP) is 1.38. The quantitative estimate of drug-likeness (QED) is 0.792. The molecule has 1 amide bonds. The first-order valence-electron chi connectivity index (χ1n) is 4.66. The largest absolute Gasteiger partial charge is 0.352 e. The van der Waals surface area contributed by atoms with E-state index in [1.165, 1.54) is 0 Å². The van der Waals surface area contributed by atoms with Gasteiger partial charge in [0.2, 0.25) is 0 Å². The van der Waals surface area contributed by atoms with E-state index >= 15 is 0 Å². The number of hydrogen-bond donors (Lipinski definition) is 2. The molecule has 78 valence electrons. The van der Waals surface area contributed by atoms with Crippen LogP contribution >= 0.6 is 11.3 Å². The third-order valence-corrected chi connectivity index (χ3v) is 2.98. The maximum absolute atomic E-state index is 11.6. The summed E-state index contributed by atoms with van der Waals surface area (Å²) in [6, 6.07) is 0. The molecule has 0 fully saturated rings. The van der Waals surface area contributed by atoms with Crippen LogP contribution in [-0.2, 0) is 0 Å². The van der Waals surface area contributed by atoms with Gasteiger partial charge >= 0.3 is 0 Å². The van der Waals surface area contributed by atoms with Crippen LogP contribution in [0.3, 0.4) is 0 Å². The van der Waals surface area contributed by atoms with Gasteiger partial charge in [-0.1, -0.05) is 6.92 Å². The molecular formula is C10H16N2OS. The topological polar surface area (TPSA) is 55.1 Å². The molecule has 0 aliphatic carbocycles. The lowest BCUT2D eigenvalue weighted by Gasteiger charge is -2.09. The van der Waals surface area contributed by atoms with Gasteiger partial charge in [0.1, 0.15) is 0 Å². The van der Waals surface area contributed by atoms with Crippen molar-refractivity contribution in [1.82, 2.24) is 5.32 Å². The minimum Gasteiger partial charge on any atom is -0.352 e. The normalized spacial score (nSPS) is 12.5. The molecule has 0 aromatic carbocycles. The maximum atomic E-state index is 11.6. The summed E-state index contributed by atoms with van der Waals surface area (Å²) in [5.41, 5.74) is 7.27. The molecule has 1 unspecified atom stereocenters. The molecule has 0 spiro atoms. The van der Waals surface area contributed by atoms with Crippen molar-refractivity contribution in [2.24, 2.45) is 11.7 Å². The fraction of sp³-hybridized carbons (Fsp3) is 0.500. The van der Waals surface area contributed by atoms with Gasteiger partial charge in [0.15, 0.2) is 0 Å². The van der Waals surface area contributed by atoms with Crippen LogP contribution in [0.1, 0.15) is 22.8 Å². The van der Waals surface area contributed by atoms with E-state index in [4.69, 9.17) is 5.73 Å². The SMILES string of the molecule is Cc1cscc1C(=O)NCC(C)CN. The average molecular weight is 212 g/mol. The summed E-state index contributed by atoms with van der Waals surface area (Å²) in [5.74, 6) is 0.335. The van der Waals surface area contributed by atoms with Crippen LogP contribution in [0.2, 0.25) is 0 Å². The zero-order chi connectivity index (χ0) is 10.6. The van der Waals surface area contributed by atoms with E-state index in [1.54, 1.807) is 11.3 Å². The Bertz CT molecular complexity index is 309. The van der Waals surface area contributed by atoms with Crippen molar-refractivity contribution in [1.29, 1.82) is 0 Å². The molecule has 14 heavy (non-hydrogen) atoms. The summed E-state index contributed by atoms with van der Waals surface area (Å²) in [6.45, 7) is 5.20. The Labute approximate surface area is 88.3 Å².